The van der Waals surface area contributed by atoms with Gasteiger partial charge in [0.15, 0.2) is 0 Å². The molecular formula is C20H30ClN3O3. The van der Waals surface area contributed by atoms with Crippen LogP contribution in [0.1, 0.15) is 44.2 Å². The van der Waals surface area contributed by atoms with E-state index in [1.165, 1.54) is 0 Å². The van der Waals surface area contributed by atoms with Gasteiger partial charge in [0, 0.05) is 18.7 Å². The van der Waals surface area contributed by atoms with E-state index >= 15 is 0 Å². The molecule has 3 rings (SSSR count). The lowest BCUT2D eigenvalue weighted by atomic mass is 9.78. The van der Waals surface area contributed by atoms with Crippen LogP contribution in [0.4, 0.5) is 5.69 Å². The Morgan fingerprint density at radius 1 is 1.22 bits per heavy atom. The molecule has 6 nitrogen and oxygen atoms in total. The minimum Gasteiger partial charge on any atom is -0.384 e. The highest BCUT2D eigenvalue weighted by molar-refractivity contribution is 5.94. The number of amides is 2. The smallest absolute Gasteiger partial charge is 0.229 e. The van der Waals surface area contributed by atoms with E-state index in [-0.39, 0.29) is 36.2 Å². The van der Waals surface area contributed by atoms with Crippen LogP contribution in [0.3, 0.4) is 0 Å². The van der Waals surface area contributed by atoms with Crippen LogP contribution < -0.4 is 16.0 Å². The molecule has 1 aromatic carbocycles. The van der Waals surface area contributed by atoms with Crippen LogP contribution in [-0.4, -0.2) is 38.6 Å². The molecule has 1 atom stereocenters. The quantitative estimate of drug-likeness (QED) is 0.663. The molecule has 1 saturated heterocycles. The summed E-state index contributed by atoms with van der Waals surface area (Å²) in [6.07, 6.45) is 3.55. The lowest BCUT2D eigenvalue weighted by Gasteiger charge is -2.36. The molecule has 1 unspecified atom stereocenters. The Morgan fingerprint density at radius 2 is 1.85 bits per heavy atom. The Labute approximate surface area is 167 Å². The molecule has 0 spiro atoms. The van der Waals surface area contributed by atoms with Crippen molar-refractivity contribution in [2.75, 3.05) is 32.1 Å². The van der Waals surface area contributed by atoms with Gasteiger partial charge < -0.3 is 20.7 Å². The molecule has 0 aromatic heterocycles. The minimum absolute atomic E-state index is 0. The molecule has 1 saturated carbocycles. The number of methoxy groups -OCH3 is 1. The molecule has 2 fully saturated rings. The maximum atomic E-state index is 12.9. The van der Waals surface area contributed by atoms with E-state index in [0.717, 1.165) is 50.0 Å². The van der Waals surface area contributed by atoms with Gasteiger partial charge in [-0.1, -0.05) is 12.1 Å². The molecule has 150 valence electrons. The second kappa shape index (κ2) is 9.53. The highest BCUT2D eigenvalue weighted by Gasteiger charge is 2.40. The topological polar surface area (TPSA) is 79.5 Å². The van der Waals surface area contributed by atoms with Crippen molar-refractivity contribution < 1.29 is 14.3 Å². The third-order valence-electron chi connectivity index (χ3n) is 5.44. The van der Waals surface area contributed by atoms with Gasteiger partial charge in [-0.05, 0) is 63.4 Å². The lowest BCUT2D eigenvalue weighted by molar-refractivity contribution is -0.136. The summed E-state index contributed by atoms with van der Waals surface area (Å²) < 4.78 is 5.34. The fourth-order valence-electron chi connectivity index (χ4n) is 3.50. The average molecular weight is 396 g/mol. The van der Waals surface area contributed by atoms with Crippen molar-refractivity contribution in [3.8, 4) is 0 Å². The van der Waals surface area contributed by atoms with Crippen molar-refractivity contribution in [2.45, 2.75) is 38.6 Å². The molecule has 3 N–H and O–H groups in total. The molecule has 1 aromatic rings. The van der Waals surface area contributed by atoms with E-state index in [2.05, 4.69) is 16.0 Å². The number of hydrogen-bond donors (Lipinski definition) is 3. The first kappa shape index (κ1) is 21.7. The van der Waals surface area contributed by atoms with Gasteiger partial charge in [0.2, 0.25) is 11.8 Å². The molecule has 1 aliphatic carbocycles. The van der Waals surface area contributed by atoms with Gasteiger partial charge in [-0.2, -0.15) is 0 Å². The predicted octanol–water partition coefficient (Wildman–Crippen LogP) is 2.65. The molecule has 2 aliphatic rings. The van der Waals surface area contributed by atoms with Gasteiger partial charge in [0.05, 0.1) is 18.1 Å². The van der Waals surface area contributed by atoms with Crippen LogP contribution in [0.25, 0.3) is 0 Å². The zero-order valence-corrected chi connectivity index (χ0v) is 16.9. The Morgan fingerprint density at radius 3 is 2.41 bits per heavy atom. The number of anilines is 1. The van der Waals surface area contributed by atoms with Gasteiger partial charge in [-0.25, -0.2) is 0 Å². The first-order chi connectivity index (χ1) is 12.5. The van der Waals surface area contributed by atoms with E-state index in [9.17, 15) is 9.59 Å². The number of halogens is 1. The maximum absolute atomic E-state index is 12.9. The summed E-state index contributed by atoms with van der Waals surface area (Å²) in [5.41, 5.74) is 1.37. The van der Waals surface area contributed by atoms with Crippen LogP contribution in [0.2, 0.25) is 0 Å². The first-order valence-corrected chi connectivity index (χ1v) is 9.45. The molecule has 2 amide bonds. The van der Waals surface area contributed by atoms with Gasteiger partial charge in [0.1, 0.15) is 0 Å². The van der Waals surface area contributed by atoms with Gasteiger partial charge in [0.25, 0.3) is 0 Å². The zero-order valence-electron chi connectivity index (χ0n) is 16.0. The zero-order chi connectivity index (χ0) is 18.6. The average Bonchev–Trinajstić information content (AvgIpc) is 3.48. The standard InChI is InChI=1S/C20H29N3O3.ClH/c1-14(22-19(25)20(13-26-2)9-11-21-12-10-20)15-5-7-17(8-6-15)23-18(24)16-3-4-16;/h5-8,14,16,21H,3-4,9-13H2,1-2H3,(H,22,25)(H,23,24);1H. The van der Waals surface area contributed by atoms with Crippen molar-refractivity contribution >= 4 is 29.9 Å². The summed E-state index contributed by atoms with van der Waals surface area (Å²) in [6.45, 7) is 4.09. The van der Waals surface area contributed by atoms with Crippen molar-refractivity contribution in [2.24, 2.45) is 11.3 Å². The fraction of sp³-hybridized carbons (Fsp3) is 0.600. The van der Waals surface area contributed by atoms with E-state index in [1.54, 1.807) is 7.11 Å². The van der Waals surface area contributed by atoms with Crippen LogP contribution in [0.5, 0.6) is 0 Å². The summed E-state index contributed by atoms with van der Waals surface area (Å²) in [4.78, 5) is 24.7. The summed E-state index contributed by atoms with van der Waals surface area (Å²) in [5.74, 6) is 0.348. The summed E-state index contributed by atoms with van der Waals surface area (Å²) >= 11 is 0. The van der Waals surface area contributed by atoms with E-state index in [1.807, 2.05) is 31.2 Å². The molecule has 1 heterocycles. The number of nitrogens with one attached hydrogen (secondary N) is 3. The summed E-state index contributed by atoms with van der Waals surface area (Å²) in [5, 5.41) is 9.38. The Hall–Kier alpha value is -1.63. The molecule has 1 aliphatic heterocycles. The lowest BCUT2D eigenvalue weighted by Crippen LogP contribution is -2.50. The van der Waals surface area contributed by atoms with Gasteiger partial charge in [-0.15, -0.1) is 12.4 Å². The maximum Gasteiger partial charge on any atom is 0.229 e. The predicted molar refractivity (Wildman–Crippen MR) is 108 cm³/mol. The number of rotatable bonds is 7. The SMILES string of the molecule is COCC1(C(=O)NC(C)c2ccc(NC(=O)C3CC3)cc2)CCNCC1.Cl. The van der Waals surface area contributed by atoms with Gasteiger partial charge in [-0.3, -0.25) is 9.59 Å². The van der Waals surface area contributed by atoms with Gasteiger partial charge >= 0.3 is 0 Å². The molecule has 7 heteroatoms. The monoisotopic (exact) mass is 395 g/mol. The normalized spacial score (nSPS) is 19.5. The number of carbonyl (C=O) groups excluding carboxylic acids is 2. The highest BCUT2D eigenvalue weighted by Crippen LogP contribution is 2.31. The van der Waals surface area contributed by atoms with Crippen LogP contribution in [0.15, 0.2) is 24.3 Å². The molecule has 0 radical (unpaired) electrons. The van der Waals surface area contributed by atoms with Crippen LogP contribution >= 0.6 is 12.4 Å². The second-order valence-corrected chi connectivity index (χ2v) is 7.54. The van der Waals surface area contributed by atoms with Crippen molar-refractivity contribution in [1.82, 2.24) is 10.6 Å². The number of carbonyl (C=O) groups is 2. The highest BCUT2D eigenvalue weighted by atomic mass is 35.5. The number of hydrogen-bond acceptors (Lipinski definition) is 4. The van der Waals surface area contributed by atoms with Crippen molar-refractivity contribution in [3.63, 3.8) is 0 Å². The fourth-order valence-corrected chi connectivity index (χ4v) is 3.50. The minimum atomic E-state index is -0.452. The van der Waals surface area contributed by atoms with Crippen molar-refractivity contribution in [1.29, 1.82) is 0 Å². The number of ether oxygens (including phenoxy) is 1. The number of piperidine rings is 1. The first-order valence-electron chi connectivity index (χ1n) is 9.45. The Balaban J connectivity index is 0.00000261. The van der Waals surface area contributed by atoms with E-state index in [4.69, 9.17) is 4.74 Å². The summed E-state index contributed by atoms with van der Waals surface area (Å²) in [7, 11) is 1.65. The van der Waals surface area contributed by atoms with E-state index in [0.29, 0.717) is 6.61 Å². The third-order valence-corrected chi connectivity index (χ3v) is 5.44. The Bertz CT molecular complexity index is 635. The molecule has 0 bridgehead atoms. The van der Waals surface area contributed by atoms with E-state index < -0.39 is 5.41 Å². The van der Waals surface area contributed by atoms with Crippen LogP contribution in [0, 0.1) is 11.3 Å². The Kier molecular flexibility index (Phi) is 7.65. The molecular weight excluding hydrogens is 366 g/mol. The largest absolute Gasteiger partial charge is 0.384 e. The molecule has 27 heavy (non-hydrogen) atoms. The summed E-state index contributed by atoms with van der Waals surface area (Å²) in [6, 6.07) is 7.61. The number of benzene rings is 1. The second-order valence-electron chi connectivity index (χ2n) is 7.54. The van der Waals surface area contributed by atoms with Crippen LogP contribution in [-0.2, 0) is 14.3 Å². The van der Waals surface area contributed by atoms with Crippen molar-refractivity contribution in [3.05, 3.63) is 29.8 Å². The third kappa shape index (κ3) is 5.43.